The number of hydrogen-bond acceptors (Lipinski definition) is 10. The maximum atomic E-state index is 6.71. The molecule has 32 rings (SSSR count). The van der Waals surface area contributed by atoms with Crippen LogP contribution in [-0.2, 0) is 0 Å². The van der Waals surface area contributed by atoms with Gasteiger partial charge in [0.05, 0.1) is 66.4 Å². The Hall–Kier alpha value is -17.4. The first-order chi connectivity index (χ1) is 62.5. The molecule has 14 nitrogen and oxygen atoms in total. The van der Waals surface area contributed by atoms with Crippen molar-refractivity contribution in [1.29, 1.82) is 0 Å². The van der Waals surface area contributed by atoms with Crippen molar-refractivity contribution in [2.45, 2.75) is 0 Å². The van der Waals surface area contributed by atoms with Crippen molar-refractivity contribution in [1.82, 2.24) is 37.7 Å². The lowest BCUT2D eigenvalue weighted by molar-refractivity contribution is 0.669. The average molecular weight is 1610 g/mol. The van der Waals surface area contributed by atoms with E-state index in [9.17, 15) is 0 Å². The van der Waals surface area contributed by atoms with Gasteiger partial charge in [0, 0.05) is 170 Å². The lowest BCUT2D eigenvalue weighted by atomic mass is 10.0. The van der Waals surface area contributed by atoms with Crippen LogP contribution < -0.4 is 0 Å². The van der Waals surface area contributed by atoms with Crippen LogP contribution in [-0.4, -0.2) is 37.7 Å². The van der Waals surface area contributed by atoms with Gasteiger partial charge < -0.3 is 39.7 Å². The zero-order chi connectivity index (χ0) is 81.6. The van der Waals surface area contributed by atoms with Gasteiger partial charge >= 0.3 is 0 Å². The van der Waals surface area contributed by atoms with E-state index in [4.69, 9.17) is 31.5 Å². The van der Waals surface area contributed by atoms with Gasteiger partial charge in [-0.2, -0.15) is 0 Å². The summed E-state index contributed by atoms with van der Waals surface area (Å²) in [4.78, 5) is 19.1. The molecule has 0 N–H and O–H groups in total. The van der Waals surface area contributed by atoms with Crippen molar-refractivity contribution in [3.8, 4) is 39.7 Å². The predicted molar refractivity (Wildman–Crippen MR) is 511 cm³/mol. The zero-order valence-electron chi connectivity index (χ0n) is 66.5. The molecule has 0 saturated carbocycles. The molecule has 0 aliphatic carbocycles. The molecule has 0 unspecified atom stereocenters. The highest BCUT2D eigenvalue weighted by Gasteiger charge is 2.32. The van der Waals surface area contributed by atoms with Crippen molar-refractivity contribution < 1.29 is 26.5 Å². The number of imidazole rings is 1. The lowest BCUT2D eigenvalue weighted by Gasteiger charge is -2.10. The third-order valence-corrected chi connectivity index (χ3v) is 26.8. The second-order valence-corrected chi connectivity index (χ2v) is 33.3. The first-order valence-electron chi connectivity index (χ1n) is 42.4. The molecule has 0 fully saturated rings. The Labute approximate surface area is 708 Å². The number of benzene rings is 17. The van der Waals surface area contributed by atoms with Gasteiger partial charge in [0.1, 0.15) is 39.3 Å². The van der Waals surface area contributed by atoms with Gasteiger partial charge in [-0.05, 0) is 152 Å². The van der Waals surface area contributed by atoms with E-state index in [1.165, 1.54) is 16.3 Å². The zero-order valence-corrected chi connectivity index (χ0v) is 66.5. The van der Waals surface area contributed by atoms with E-state index >= 15 is 0 Å². The van der Waals surface area contributed by atoms with Gasteiger partial charge in [-0.3, -0.25) is 9.55 Å². The molecule has 0 aliphatic heterocycles. The number of furan rings is 6. The fourth-order valence-corrected chi connectivity index (χ4v) is 21.6. The Morgan fingerprint density at radius 3 is 0.825 bits per heavy atom. The fraction of sp³-hybridized carbons (Fsp3) is 0. The van der Waals surface area contributed by atoms with E-state index in [2.05, 4.69) is 288 Å². The summed E-state index contributed by atoms with van der Waals surface area (Å²) in [6.07, 6.45) is 5.43. The molecule has 0 atom stereocenters. The maximum absolute atomic E-state index is 6.71. The van der Waals surface area contributed by atoms with E-state index in [0.717, 1.165) is 275 Å². The van der Waals surface area contributed by atoms with E-state index in [1.807, 2.05) is 85.1 Å². The summed E-state index contributed by atoms with van der Waals surface area (Å²) >= 11 is 0. The first-order valence-corrected chi connectivity index (χ1v) is 42.4. The molecule has 0 bridgehead atoms. The normalized spacial score (nSPS) is 12.6. The summed E-state index contributed by atoms with van der Waals surface area (Å²) in [5, 5.41) is 27.2. The third kappa shape index (κ3) is 8.71. The quantitative estimate of drug-likeness (QED) is 0.167. The van der Waals surface area contributed by atoms with E-state index < -0.39 is 0 Å². The van der Waals surface area contributed by atoms with Crippen molar-refractivity contribution in [2.75, 3.05) is 0 Å². The van der Waals surface area contributed by atoms with Crippen molar-refractivity contribution >= 4 is 257 Å². The standard InChI is InChI=1S/C43H23N3O2.C35H18N2O2.C34H17N3O2/c1-2-10-25(11-3-1)45-35-15-7-6-14-34(35)44-43(45)24-22-32-28-18-20-30-26-12-4-8-16-36(26)47-41(30)39(28)46-38(32)33(23-24)29-19-21-31-27-13-5-9-17-37(27)48-42(31)40(29)46;1-3-10-29-20(7-1)24-14-12-22-26-17-19(28-9-5-6-16-36-28)18-27-23-13-15-25-21-8-2-4-11-30(21)39-35(25)33(23)37(31(26)27)32(22)34(24)38-29;1-3-8-27-19(6-1)23-12-10-21-25-16-18(34-35-14-5-15-36-34)17-26-22-11-13-24-20-7-2-4-9-28(20)39-33(24)31(22)37(29(25)26)30(21)32(23)38-27/h1-23H;1-18H;1-17H. The number of para-hydroxylation sites is 9. The first kappa shape index (κ1) is 66.4. The number of hydrogen-bond donors (Lipinski definition) is 0. The SMILES string of the molecule is c1ccc(-c2cc3c4ccc5c6ccccc6oc5c4n4c3c(c2)c2ccc3c5ccccc5oc3c24)nc1.c1ccc(-n2c(-c3cc4c5ccc6c7ccccc7oc6c5n5c4c(c3)c3ccc4c6ccccc6oc4c35)nc3ccccc32)cc1.c1cnc(-c2cc3c4ccc5c6ccccc6oc5c4n4c3c(c2)c2ccc3c5ccccc5oc3c24)nc1. The number of aromatic nitrogens is 8. The van der Waals surface area contributed by atoms with Gasteiger partial charge in [0.15, 0.2) is 39.3 Å². The molecule has 126 heavy (non-hydrogen) atoms. The molecule has 0 saturated heterocycles. The molecule has 0 radical (unpaired) electrons. The van der Waals surface area contributed by atoms with Gasteiger partial charge in [0.25, 0.3) is 0 Å². The molecular formula is C112H58N8O6. The van der Waals surface area contributed by atoms with Gasteiger partial charge in [-0.25, -0.2) is 15.0 Å². The van der Waals surface area contributed by atoms with E-state index in [0.29, 0.717) is 5.82 Å². The number of nitrogens with zero attached hydrogens (tertiary/aromatic N) is 8. The molecular weight excluding hydrogens is 1550 g/mol. The molecule has 15 heterocycles. The molecule has 17 aromatic carbocycles. The van der Waals surface area contributed by atoms with Crippen LogP contribution in [0.25, 0.3) is 297 Å². The highest BCUT2D eigenvalue weighted by molar-refractivity contribution is 6.36. The van der Waals surface area contributed by atoms with Crippen LogP contribution in [0, 0.1) is 0 Å². The van der Waals surface area contributed by atoms with Crippen molar-refractivity contribution in [3.05, 3.63) is 352 Å². The Kier molecular flexibility index (Phi) is 12.8. The van der Waals surface area contributed by atoms with E-state index in [1.54, 1.807) is 12.4 Å². The van der Waals surface area contributed by atoms with E-state index in [-0.39, 0.29) is 0 Å². The minimum Gasteiger partial charge on any atom is -0.454 e. The summed E-state index contributed by atoms with van der Waals surface area (Å²) in [6, 6.07) is 117. The Morgan fingerprint density at radius 1 is 0.198 bits per heavy atom. The van der Waals surface area contributed by atoms with Crippen molar-refractivity contribution in [3.63, 3.8) is 0 Å². The summed E-state index contributed by atoms with van der Waals surface area (Å²) < 4.78 is 49.2. The van der Waals surface area contributed by atoms with Crippen LogP contribution >= 0.6 is 0 Å². The summed E-state index contributed by atoms with van der Waals surface area (Å²) in [6.45, 7) is 0. The number of pyridine rings is 1. The van der Waals surface area contributed by atoms with Gasteiger partial charge in [-0.15, -0.1) is 0 Å². The molecule has 0 spiro atoms. The second kappa shape index (κ2) is 24.3. The molecule has 582 valence electrons. The molecule has 32 aromatic rings. The molecule has 0 amide bonds. The highest BCUT2D eigenvalue weighted by Crippen LogP contribution is 2.53. The largest absolute Gasteiger partial charge is 0.454 e. The van der Waals surface area contributed by atoms with Crippen molar-refractivity contribution in [2.24, 2.45) is 0 Å². The fourth-order valence-electron chi connectivity index (χ4n) is 21.6. The number of fused-ring (bicyclic) bond motifs is 43. The topological polar surface area (TPSA) is 149 Å². The predicted octanol–water partition coefficient (Wildman–Crippen LogP) is 30.4. The molecule has 0 aliphatic rings. The van der Waals surface area contributed by atoms with Crippen LogP contribution in [0.15, 0.2) is 379 Å². The Morgan fingerprint density at radius 2 is 0.484 bits per heavy atom. The average Bonchev–Trinajstić information content (AvgIpc) is 1.53. The second-order valence-electron chi connectivity index (χ2n) is 33.3. The smallest absolute Gasteiger partial charge is 0.160 e. The number of rotatable bonds is 4. The molecule has 15 aromatic heterocycles. The highest BCUT2D eigenvalue weighted by atomic mass is 16.4. The summed E-state index contributed by atoms with van der Waals surface area (Å²) in [5.41, 5.74) is 27.7. The monoisotopic (exact) mass is 1610 g/mol. The third-order valence-electron chi connectivity index (χ3n) is 26.8. The Bertz CT molecular complexity index is 9510. The van der Waals surface area contributed by atoms with Crippen LogP contribution in [0.1, 0.15) is 0 Å². The van der Waals surface area contributed by atoms with Crippen LogP contribution in [0.4, 0.5) is 0 Å². The summed E-state index contributed by atoms with van der Waals surface area (Å²) in [5.74, 6) is 1.61. The van der Waals surface area contributed by atoms with Crippen LogP contribution in [0.5, 0.6) is 0 Å². The minimum absolute atomic E-state index is 0.708. The maximum Gasteiger partial charge on any atom is 0.160 e. The Balaban J connectivity index is 0.0000000930. The summed E-state index contributed by atoms with van der Waals surface area (Å²) in [7, 11) is 0. The minimum atomic E-state index is 0.708. The van der Waals surface area contributed by atoms with Crippen LogP contribution in [0.2, 0.25) is 0 Å². The van der Waals surface area contributed by atoms with Crippen LogP contribution in [0.3, 0.4) is 0 Å². The van der Waals surface area contributed by atoms with Gasteiger partial charge in [-0.1, -0.05) is 182 Å². The lowest BCUT2D eigenvalue weighted by Crippen LogP contribution is -1.97. The molecule has 14 heteroatoms. The van der Waals surface area contributed by atoms with Gasteiger partial charge in [0.2, 0.25) is 0 Å².